The maximum atomic E-state index is 12.0. The van der Waals surface area contributed by atoms with Gasteiger partial charge < -0.3 is 16.8 Å². The highest BCUT2D eigenvalue weighted by molar-refractivity contribution is 6.05. The Morgan fingerprint density at radius 2 is 2.00 bits per heavy atom. The summed E-state index contributed by atoms with van der Waals surface area (Å²) in [6.07, 6.45) is 2.47. The van der Waals surface area contributed by atoms with Crippen molar-refractivity contribution in [1.29, 1.82) is 0 Å². The summed E-state index contributed by atoms with van der Waals surface area (Å²) >= 11 is 0. The predicted octanol–water partition coefficient (Wildman–Crippen LogP) is 1.39. The minimum Gasteiger partial charge on any atom is -0.399 e. The monoisotopic (exact) mass is 245 g/mol. The largest absolute Gasteiger partial charge is 0.399 e. The third-order valence-electron chi connectivity index (χ3n) is 2.58. The maximum Gasteiger partial charge on any atom is 0.256 e. The lowest BCUT2D eigenvalue weighted by Gasteiger charge is -2.06. The van der Waals surface area contributed by atoms with Crippen LogP contribution in [0.1, 0.15) is 22.8 Å². The standard InChI is InChI=1S/C12H15N5O/c1-2-7-6-15-17-11(7)16-12(18)8-3-9(13)5-10(14)4-8/h3-6H,2,13-14H2,1H3,(H2,15,16,17,18). The minimum atomic E-state index is -0.270. The van der Waals surface area contributed by atoms with Crippen molar-refractivity contribution in [3.63, 3.8) is 0 Å². The molecule has 0 aliphatic rings. The zero-order chi connectivity index (χ0) is 13.1. The molecule has 1 amide bonds. The number of H-pyrrole nitrogens is 1. The number of carbonyl (C=O) groups excluding carboxylic acids is 1. The highest BCUT2D eigenvalue weighted by Crippen LogP contribution is 2.17. The Morgan fingerprint density at radius 3 is 2.61 bits per heavy atom. The van der Waals surface area contributed by atoms with E-state index in [1.807, 2.05) is 6.92 Å². The molecule has 0 saturated heterocycles. The first-order valence-corrected chi connectivity index (χ1v) is 5.59. The summed E-state index contributed by atoms with van der Waals surface area (Å²) in [7, 11) is 0. The number of rotatable bonds is 3. The van der Waals surface area contributed by atoms with Crippen LogP contribution in [0, 0.1) is 0 Å². The van der Waals surface area contributed by atoms with Crippen LogP contribution in [0.2, 0.25) is 0 Å². The Kier molecular flexibility index (Phi) is 3.18. The van der Waals surface area contributed by atoms with Gasteiger partial charge in [-0.2, -0.15) is 5.10 Å². The third-order valence-corrected chi connectivity index (χ3v) is 2.58. The molecular formula is C12H15N5O. The van der Waals surface area contributed by atoms with Crippen LogP contribution in [-0.2, 0) is 6.42 Å². The molecule has 2 rings (SSSR count). The fourth-order valence-corrected chi connectivity index (χ4v) is 1.68. The highest BCUT2D eigenvalue weighted by Gasteiger charge is 2.11. The number of aryl methyl sites for hydroxylation is 1. The van der Waals surface area contributed by atoms with Gasteiger partial charge in [0.2, 0.25) is 0 Å². The van der Waals surface area contributed by atoms with Crippen LogP contribution in [0.5, 0.6) is 0 Å². The second kappa shape index (κ2) is 4.79. The molecule has 0 bridgehead atoms. The van der Waals surface area contributed by atoms with Crippen LogP contribution in [-0.4, -0.2) is 16.1 Å². The second-order valence-corrected chi connectivity index (χ2v) is 3.97. The van der Waals surface area contributed by atoms with Gasteiger partial charge in [-0.3, -0.25) is 9.89 Å². The van der Waals surface area contributed by atoms with Gasteiger partial charge in [0.25, 0.3) is 5.91 Å². The molecule has 2 aromatic rings. The third kappa shape index (κ3) is 2.42. The van der Waals surface area contributed by atoms with Crippen LogP contribution in [0.15, 0.2) is 24.4 Å². The van der Waals surface area contributed by atoms with Gasteiger partial charge >= 0.3 is 0 Å². The number of aromatic amines is 1. The molecular weight excluding hydrogens is 230 g/mol. The van der Waals surface area contributed by atoms with Crippen LogP contribution in [0.3, 0.4) is 0 Å². The van der Waals surface area contributed by atoms with Gasteiger partial charge in [-0.15, -0.1) is 0 Å². The van der Waals surface area contributed by atoms with Crippen molar-refractivity contribution >= 4 is 23.1 Å². The number of nitrogen functional groups attached to an aromatic ring is 2. The topological polar surface area (TPSA) is 110 Å². The maximum absolute atomic E-state index is 12.0. The highest BCUT2D eigenvalue weighted by atomic mass is 16.1. The normalized spacial score (nSPS) is 10.3. The van der Waals surface area contributed by atoms with Gasteiger partial charge in [-0.1, -0.05) is 6.92 Å². The fourth-order valence-electron chi connectivity index (χ4n) is 1.68. The Morgan fingerprint density at radius 1 is 1.33 bits per heavy atom. The Labute approximate surface area is 104 Å². The summed E-state index contributed by atoms with van der Waals surface area (Å²) in [6, 6.07) is 4.76. The number of amides is 1. The van der Waals surface area contributed by atoms with E-state index in [4.69, 9.17) is 11.5 Å². The van der Waals surface area contributed by atoms with Gasteiger partial charge in [0, 0.05) is 22.5 Å². The number of nitrogens with one attached hydrogen (secondary N) is 2. The van der Waals surface area contributed by atoms with E-state index in [0.29, 0.717) is 22.8 Å². The van der Waals surface area contributed by atoms with E-state index in [1.165, 1.54) is 0 Å². The molecule has 0 spiro atoms. The van der Waals surface area contributed by atoms with Crippen molar-refractivity contribution in [1.82, 2.24) is 10.2 Å². The Balaban J connectivity index is 2.22. The lowest BCUT2D eigenvalue weighted by atomic mass is 10.1. The van der Waals surface area contributed by atoms with Gasteiger partial charge in [0.1, 0.15) is 5.82 Å². The molecule has 0 aliphatic carbocycles. The molecule has 0 fully saturated rings. The number of hydrogen-bond acceptors (Lipinski definition) is 4. The molecule has 6 heteroatoms. The number of aromatic nitrogens is 2. The number of nitrogens with two attached hydrogens (primary N) is 2. The molecule has 0 aliphatic heterocycles. The Hall–Kier alpha value is -2.50. The molecule has 0 radical (unpaired) electrons. The molecule has 0 atom stereocenters. The first kappa shape index (κ1) is 12.0. The van der Waals surface area contributed by atoms with Gasteiger partial charge in [-0.05, 0) is 24.6 Å². The number of hydrogen-bond donors (Lipinski definition) is 4. The van der Waals surface area contributed by atoms with Crippen molar-refractivity contribution in [3.8, 4) is 0 Å². The van der Waals surface area contributed by atoms with Gasteiger partial charge in [0.15, 0.2) is 0 Å². The molecule has 6 N–H and O–H groups in total. The molecule has 6 nitrogen and oxygen atoms in total. The molecule has 94 valence electrons. The fraction of sp³-hybridized carbons (Fsp3) is 0.167. The Bertz CT molecular complexity index is 555. The van der Waals surface area contributed by atoms with E-state index < -0.39 is 0 Å². The van der Waals surface area contributed by atoms with Crippen LogP contribution < -0.4 is 16.8 Å². The molecule has 18 heavy (non-hydrogen) atoms. The quantitative estimate of drug-likeness (QED) is 0.612. The molecule has 0 saturated carbocycles. The van der Waals surface area contributed by atoms with Crippen molar-refractivity contribution < 1.29 is 4.79 Å². The summed E-state index contributed by atoms with van der Waals surface area (Å²) in [5, 5.41) is 9.37. The summed E-state index contributed by atoms with van der Waals surface area (Å²) in [5.41, 5.74) is 13.6. The smallest absolute Gasteiger partial charge is 0.256 e. The first-order valence-electron chi connectivity index (χ1n) is 5.59. The minimum absolute atomic E-state index is 0.270. The summed E-state index contributed by atoms with van der Waals surface area (Å²) in [6.45, 7) is 1.99. The zero-order valence-corrected chi connectivity index (χ0v) is 10.0. The van der Waals surface area contributed by atoms with Crippen molar-refractivity contribution in [2.45, 2.75) is 13.3 Å². The van der Waals surface area contributed by atoms with Crippen molar-refractivity contribution in [2.24, 2.45) is 0 Å². The van der Waals surface area contributed by atoms with Crippen LogP contribution in [0.25, 0.3) is 0 Å². The van der Waals surface area contributed by atoms with Gasteiger partial charge in [-0.25, -0.2) is 0 Å². The average Bonchev–Trinajstić information content (AvgIpc) is 2.75. The molecule has 1 aromatic carbocycles. The van der Waals surface area contributed by atoms with Crippen molar-refractivity contribution in [2.75, 3.05) is 16.8 Å². The van der Waals surface area contributed by atoms with E-state index in [1.54, 1.807) is 24.4 Å². The molecule has 0 unspecified atom stereocenters. The van der Waals surface area contributed by atoms with Crippen molar-refractivity contribution in [3.05, 3.63) is 35.5 Å². The second-order valence-electron chi connectivity index (χ2n) is 3.97. The first-order chi connectivity index (χ1) is 8.60. The number of carbonyl (C=O) groups is 1. The van der Waals surface area contributed by atoms with E-state index in [0.717, 1.165) is 12.0 Å². The lowest BCUT2D eigenvalue weighted by Crippen LogP contribution is -2.14. The summed E-state index contributed by atoms with van der Waals surface area (Å²) in [4.78, 5) is 12.0. The zero-order valence-electron chi connectivity index (χ0n) is 10.0. The predicted molar refractivity (Wildman–Crippen MR) is 71.2 cm³/mol. The molecule has 1 aromatic heterocycles. The van der Waals surface area contributed by atoms with E-state index >= 15 is 0 Å². The summed E-state index contributed by atoms with van der Waals surface area (Å²) in [5.74, 6) is 0.330. The average molecular weight is 245 g/mol. The van der Waals surface area contributed by atoms with E-state index in [-0.39, 0.29) is 5.91 Å². The summed E-state index contributed by atoms with van der Waals surface area (Å²) < 4.78 is 0. The van der Waals surface area contributed by atoms with Crippen LogP contribution in [0.4, 0.5) is 17.2 Å². The SMILES string of the molecule is CCc1cn[nH]c1NC(=O)c1cc(N)cc(N)c1. The number of anilines is 3. The van der Waals surface area contributed by atoms with E-state index in [9.17, 15) is 4.79 Å². The number of nitrogens with zero attached hydrogens (tertiary/aromatic N) is 1. The lowest BCUT2D eigenvalue weighted by molar-refractivity contribution is 0.102. The van der Waals surface area contributed by atoms with Gasteiger partial charge in [0.05, 0.1) is 6.20 Å². The van der Waals surface area contributed by atoms with E-state index in [2.05, 4.69) is 15.5 Å². The van der Waals surface area contributed by atoms with Crippen LogP contribution >= 0.6 is 0 Å². The molecule has 1 heterocycles. The number of benzene rings is 1.